The molecule has 0 bridgehead atoms. The molecule has 0 fully saturated rings. The number of nitrogens with zero attached hydrogens (tertiary/aromatic N) is 4. The highest BCUT2D eigenvalue weighted by Crippen LogP contribution is 2.40. The van der Waals surface area contributed by atoms with E-state index in [4.69, 9.17) is 16.5 Å². The Morgan fingerprint density at radius 2 is 1.32 bits per heavy atom. The number of hydrogen-bond donors (Lipinski definition) is 0. The van der Waals surface area contributed by atoms with Crippen molar-refractivity contribution in [3.8, 4) is 11.1 Å². The lowest BCUT2D eigenvalue weighted by molar-refractivity contribution is 0.676. The van der Waals surface area contributed by atoms with Gasteiger partial charge in [0.05, 0.1) is 0 Å². The van der Waals surface area contributed by atoms with Crippen molar-refractivity contribution in [2.45, 2.75) is 81.1 Å². The van der Waals surface area contributed by atoms with Gasteiger partial charge in [-0.3, -0.25) is 9.80 Å². The summed E-state index contributed by atoms with van der Waals surface area (Å²) in [6.07, 6.45) is 24.9. The minimum Gasteiger partial charge on any atom is -0.299 e. The Morgan fingerprint density at radius 1 is 0.667 bits per heavy atom. The van der Waals surface area contributed by atoms with E-state index in [0.717, 1.165) is 87.7 Å². The summed E-state index contributed by atoms with van der Waals surface area (Å²) in [5.74, 6) is 2.30. The lowest BCUT2D eigenvalue weighted by Crippen LogP contribution is -2.23. The van der Waals surface area contributed by atoms with Crippen LogP contribution in [-0.4, -0.2) is 9.97 Å². The Morgan fingerprint density at radius 3 is 1.92 bits per heavy atom. The highest BCUT2D eigenvalue weighted by atomic mass is 15.3. The molecule has 1 unspecified atom stereocenters. The molecule has 5 aromatic rings. The molecule has 4 aromatic carbocycles. The van der Waals surface area contributed by atoms with Gasteiger partial charge in [0.1, 0.15) is 11.6 Å². The molecule has 0 spiro atoms. The lowest BCUT2D eigenvalue weighted by atomic mass is 9.93. The van der Waals surface area contributed by atoms with Gasteiger partial charge in [-0.25, -0.2) is 9.97 Å². The summed E-state index contributed by atoms with van der Waals surface area (Å²) in [6.45, 7) is 26.5. The highest BCUT2D eigenvalue weighted by molar-refractivity contribution is 5.83. The van der Waals surface area contributed by atoms with Crippen LogP contribution in [0.2, 0.25) is 0 Å². The van der Waals surface area contributed by atoms with Gasteiger partial charge in [0, 0.05) is 28.8 Å². The van der Waals surface area contributed by atoms with Gasteiger partial charge in [0.25, 0.3) is 0 Å². The molecule has 0 saturated heterocycles. The van der Waals surface area contributed by atoms with Crippen LogP contribution in [0.5, 0.6) is 0 Å². The largest absolute Gasteiger partial charge is 0.299 e. The summed E-state index contributed by atoms with van der Waals surface area (Å²) in [6, 6.07) is 40.5. The number of aromatic nitrogens is 2. The molecule has 63 heavy (non-hydrogen) atoms. The maximum absolute atomic E-state index is 5.47. The number of hydrogen-bond acceptors (Lipinski definition) is 4. The molecule has 0 N–H and O–H groups in total. The zero-order chi connectivity index (χ0) is 45.1. The maximum atomic E-state index is 5.47. The van der Waals surface area contributed by atoms with Crippen molar-refractivity contribution in [2.24, 2.45) is 5.92 Å². The second-order valence-electron chi connectivity index (χ2n) is 15.7. The Kier molecular flexibility index (Phi) is 18.0. The number of rotatable bonds is 20. The fourth-order valence-corrected chi connectivity index (χ4v) is 7.72. The van der Waals surface area contributed by atoms with E-state index >= 15 is 0 Å². The van der Waals surface area contributed by atoms with Crippen LogP contribution in [0.15, 0.2) is 206 Å². The standard InChI is InChI=1S/C59H66N4/c1-11-17-22-31-47(10)62(56-41-52(48(14-4)15-5)40-53(42-56)51-34-25-20-26-35-51)57-43-58(61-59(60-57)44(7)30-18-12-2)63(54-36-27-21-28-37-54)55(38-45(8)49(16-6)29-13-3)39-46(9)50-32-23-19-24-33-50/h11,13-14,16-17,19-37,39-43,45H,9-10,12,15,18,38H2,1-8H3/b17-11-,29-13-,31-22-,44-30+,48-14+,49-16+,55-39+. The smallest absolute Gasteiger partial charge is 0.159 e. The van der Waals surface area contributed by atoms with Crippen LogP contribution in [0.1, 0.15) is 98.0 Å². The first-order valence-electron chi connectivity index (χ1n) is 22.5. The van der Waals surface area contributed by atoms with Crippen LogP contribution >= 0.6 is 0 Å². The molecular weight excluding hydrogens is 765 g/mol. The van der Waals surface area contributed by atoms with Crippen molar-refractivity contribution in [3.63, 3.8) is 0 Å². The molecule has 322 valence electrons. The summed E-state index contributed by atoms with van der Waals surface area (Å²) in [5, 5.41) is 0. The number of para-hydroxylation sites is 1. The van der Waals surface area contributed by atoms with Gasteiger partial charge in [0.15, 0.2) is 5.82 Å². The molecule has 4 heteroatoms. The van der Waals surface area contributed by atoms with Crippen molar-refractivity contribution in [2.75, 3.05) is 9.80 Å². The maximum Gasteiger partial charge on any atom is 0.159 e. The SMILES string of the molecule is C=C(/C=C(\CC(C)C(/C=C\C)=C/C)N(c1ccccc1)c1cc(N(C(=C)/C=C\C=C/C)c2cc(/C(=C/C)CC)cc(-c3ccccc3)c2)nc(/C(C)=C/CCC)n1)c1ccccc1. The molecule has 1 aromatic heterocycles. The average molecular weight is 831 g/mol. The molecular formula is C59H66N4. The molecule has 4 nitrogen and oxygen atoms in total. The number of benzene rings is 4. The third-order valence-corrected chi connectivity index (χ3v) is 11.1. The van der Waals surface area contributed by atoms with Crippen molar-refractivity contribution < 1.29 is 0 Å². The van der Waals surface area contributed by atoms with Gasteiger partial charge < -0.3 is 0 Å². The first kappa shape index (κ1) is 47.3. The number of anilines is 4. The minimum absolute atomic E-state index is 0.186. The fraction of sp³-hybridized carbons (Fsp3) is 0.220. The molecule has 0 amide bonds. The topological polar surface area (TPSA) is 32.3 Å². The predicted octanol–water partition coefficient (Wildman–Crippen LogP) is 17.2. The van der Waals surface area contributed by atoms with E-state index in [9.17, 15) is 0 Å². The second kappa shape index (κ2) is 24.0. The van der Waals surface area contributed by atoms with E-state index in [0.29, 0.717) is 11.6 Å². The van der Waals surface area contributed by atoms with E-state index < -0.39 is 0 Å². The average Bonchev–Trinajstić information content (AvgIpc) is 3.31. The summed E-state index contributed by atoms with van der Waals surface area (Å²) in [5.41, 5.74) is 12.7. The van der Waals surface area contributed by atoms with Crippen LogP contribution < -0.4 is 9.80 Å². The summed E-state index contributed by atoms with van der Waals surface area (Å²) in [4.78, 5) is 15.4. The quantitative estimate of drug-likeness (QED) is 0.0732. The van der Waals surface area contributed by atoms with Gasteiger partial charge in [-0.05, 0) is 147 Å². The number of allylic oxidation sites excluding steroid dienone is 15. The van der Waals surface area contributed by atoms with Crippen LogP contribution in [-0.2, 0) is 0 Å². The Labute approximate surface area is 379 Å². The van der Waals surface area contributed by atoms with Gasteiger partial charge in [-0.15, -0.1) is 0 Å². The van der Waals surface area contributed by atoms with E-state index in [1.165, 1.54) is 11.1 Å². The van der Waals surface area contributed by atoms with Crippen LogP contribution in [0.25, 0.3) is 27.8 Å². The molecule has 1 atom stereocenters. The Bertz CT molecular complexity index is 2510. The molecule has 0 aliphatic carbocycles. The van der Waals surface area contributed by atoms with Gasteiger partial charge in [-0.1, -0.05) is 168 Å². The van der Waals surface area contributed by atoms with Crippen LogP contribution in [0.3, 0.4) is 0 Å². The van der Waals surface area contributed by atoms with Crippen molar-refractivity contribution >= 4 is 39.7 Å². The zero-order valence-electron chi connectivity index (χ0n) is 38.9. The van der Waals surface area contributed by atoms with E-state index in [1.54, 1.807) is 0 Å². The fourth-order valence-electron chi connectivity index (χ4n) is 7.72. The predicted molar refractivity (Wildman–Crippen MR) is 276 cm³/mol. The molecule has 0 aliphatic rings. The van der Waals surface area contributed by atoms with E-state index in [2.05, 4.69) is 217 Å². The first-order chi connectivity index (χ1) is 30.6. The highest BCUT2D eigenvalue weighted by Gasteiger charge is 2.25. The second-order valence-corrected chi connectivity index (χ2v) is 15.7. The summed E-state index contributed by atoms with van der Waals surface area (Å²) in [7, 11) is 0. The molecule has 5 rings (SSSR count). The monoisotopic (exact) mass is 831 g/mol. The van der Waals surface area contributed by atoms with Gasteiger partial charge >= 0.3 is 0 Å². The molecule has 0 radical (unpaired) electrons. The summed E-state index contributed by atoms with van der Waals surface area (Å²) < 4.78 is 0. The molecule has 1 heterocycles. The van der Waals surface area contributed by atoms with Gasteiger partial charge in [0.2, 0.25) is 0 Å². The third kappa shape index (κ3) is 12.6. The molecule has 0 aliphatic heterocycles. The van der Waals surface area contributed by atoms with E-state index in [1.807, 2.05) is 31.2 Å². The van der Waals surface area contributed by atoms with Crippen molar-refractivity contribution in [1.82, 2.24) is 9.97 Å². The van der Waals surface area contributed by atoms with Crippen molar-refractivity contribution in [3.05, 3.63) is 223 Å². The summed E-state index contributed by atoms with van der Waals surface area (Å²) >= 11 is 0. The minimum atomic E-state index is 0.186. The van der Waals surface area contributed by atoms with Crippen LogP contribution in [0.4, 0.5) is 23.0 Å². The van der Waals surface area contributed by atoms with Crippen molar-refractivity contribution in [1.29, 1.82) is 0 Å². The Balaban J connectivity index is 1.89. The zero-order valence-corrected chi connectivity index (χ0v) is 38.9. The van der Waals surface area contributed by atoms with Crippen LogP contribution in [0, 0.1) is 5.92 Å². The third-order valence-electron chi connectivity index (χ3n) is 11.1. The van der Waals surface area contributed by atoms with E-state index in [-0.39, 0.29) is 5.92 Å². The number of unbranched alkanes of at least 4 members (excludes halogenated alkanes) is 1. The normalized spacial score (nSPS) is 13.3. The first-order valence-corrected chi connectivity index (χ1v) is 22.5. The Hall–Kier alpha value is -6.78. The molecule has 0 saturated carbocycles. The van der Waals surface area contributed by atoms with Gasteiger partial charge in [-0.2, -0.15) is 0 Å². The lowest BCUT2D eigenvalue weighted by Gasteiger charge is -2.32.